The third kappa shape index (κ3) is 2.22. The molecule has 0 aliphatic rings. The van der Waals surface area contributed by atoms with E-state index in [1.165, 1.54) is 5.56 Å². The van der Waals surface area contributed by atoms with Crippen molar-refractivity contribution in [3.05, 3.63) is 34.2 Å². The summed E-state index contributed by atoms with van der Waals surface area (Å²) in [7, 11) is 1.85. The molecule has 3 heteroatoms. The normalized spacial score (nSPS) is 10.6. The minimum atomic E-state index is 0.0749. The van der Waals surface area contributed by atoms with Crippen molar-refractivity contribution in [2.75, 3.05) is 0 Å². The first-order valence-corrected chi connectivity index (χ1v) is 6.76. The van der Waals surface area contributed by atoms with E-state index in [0.717, 1.165) is 17.5 Å². The van der Waals surface area contributed by atoms with Crippen LogP contribution in [0.25, 0.3) is 11.0 Å². The van der Waals surface area contributed by atoms with Crippen molar-refractivity contribution in [3.8, 4) is 0 Å². The van der Waals surface area contributed by atoms with E-state index < -0.39 is 0 Å². The quantitative estimate of drug-likeness (QED) is 0.799. The molecule has 0 saturated carbocycles. The molecule has 0 fully saturated rings. The molecule has 1 heterocycles. The number of benzene rings is 1. The summed E-state index contributed by atoms with van der Waals surface area (Å²) >= 11 is 0. The van der Waals surface area contributed by atoms with Gasteiger partial charge in [-0.1, -0.05) is 32.9 Å². The molecule has 0 aliphatic carbocycles. The molecule has 3 nitrogen and oxygen atoms in total. The van der Waals surface area contributed by atoms with Crippen molar-refractivity contribution in [1.82, 2.24) is 9.13 Å². The van der Waals surface area contributed by atoms with Gasteiger partial charge in [0.2, 0.25) is 0 Å². The molecule has 0 N–H and O–H groups in total. The summed E-state index contributed by atoms with van der Waals surface area (Å²) in [5.74, 6) is 0. The Morgan fingerprint density at radius 3 is 2.33 bits per heavy atom. The number of aryl methyl sites for hydroxylation is 2. The number of fused-ring (bicyclic) bond motifs is 1. The van der Waals surface area contributed by atoms with E-state index in [9.17, 15) is 4.79 Å². The fraction of sp³-hybridized carbons (Fsp3) is 0.533. The van der Waals surface area contributed by atoms with Crippen LogP contribution in [0.4, 0.5) is 0 Å². The molecule has 0 aliphatic heterocycles. The molecule has 0 spiro atoms. The Bertz CT molecular complexity index is 576. The molecular formula is C15H24N2O. The van der Waals surface area contributed by atoms with E-state index >= 15 is 0 Å². The molecule has 18 heavy (non-hydrogen) atoms. The molecule has 0 bridgehead atoms. The SMILES string of the molecule is CC.CCc1cccc2c1n(C)c(=O)n2C(C)C. The summed E-state index contributed by atoms with van der Waals surface area (Å²) in [6.07, 6.45) is 0.951. The molecule has 0 amide bonds. The second-order valence-corrected chi connectivity index (χ2v) is 4.44. The van der Waals surface area contributed by atoms with Crippen LogP contribution >= 0.6 is 0 Å². The number of hydrogen-bond acceptors (Lipinski definition) is 1. The molecule has 0 saturated heterocycles. The maximum Gasteiger partial charge on any atom is 0.329 e. The van der Waals surface area contributed by atoms with E-state index in [1.54, 1.807) is 4.57 Å². The van der Waals surface area contributed by atoms with E-state index in [-0.39, 0.29) is 11.7 Å². The van der Waals surface area contributed by atoms with Crippen LogP contribution < -0.4 is 5.69 Å². The minimum Gasteiger partial charge on any atom is -0.295 e. The van der Waals surface area contributed by atoms with Crippen LogP contribution in [-0.2, 0) is 13.5 Å². The summed E-state index contributed by atoms with van der Waals surface area (Å²) < 4.78 is 3.61. The maximum absolute atomic E-state index is 12.1. The predicted octanol–water partition coefficient (Wildman–Crippen LogP) is 3.51. The van der Waals surface area contributed by atoms with Gasteiger partial charge < -0.3 is 0 Å². The highest BCUT2D eigenvalue weighted by molar-refractivity contribution is 5.80. The lowest BCUT2D eigenvalue weighted by Crippen LogP contribution is -2.23. The zero-order chi connectivity index (χ0) is 13.9. The van der Waals surface area contributed by atoms with Gasteiger partial charge in [0.1, 0.15) is 0 Å². The highest BCUT2D eigenvalue weighted by atomic mass is 16.1. The van der Waals surface area contributed by atoms with Crippen molar-refractivity contribution < 1.29 is 0 Å². The molecule has 0 unspecified atom stereocenters. The maximum atomic E-state index is 12.1. The largest absolute Gasteiger partial charge is 0.329 e. The van der Waals surface area contributed by atoms with Gasteiger partial charge in [-0.3, -0.25) is 9.13 Å². The average Bonchev–Trinajstić information content (AvgIpc) is 2.64. The Labute approximate surface area is 109 Å². The van der Waals surface area contributed by atoms with Crippen LogP contribution in [0, 0.1) is 0 Å². The van der Waals surface area contributed by atoms with Crippen molar-refractivity contribution in [2.24, 2.45) is 7.05 Å². The first-order chi connectivity index (χ1) is 8.57. The minimum absolute atomic E-state index is 0.0749. The van der Waals surface area contributed by atoms with Crippen molar-refractivity contribution >= 4 is 11.0 Å². The van der Waals surface area contributed by atoms with Gasteiger partial charge >= 0.3 is 5.69 Å². The number of hydrogen-bond donors (Lipinski definition) is 0. The standard InChI is InChI=1S/C13H18N2O.C2H6/c1-5-10-7-6-8-11-12(10)14(4)13(16)15(11)9(2)3;1-2/h6-9H,5H2,1-4H3;1-2H3. The summed E-state index contributed by atoms with van der Waals surface area (Å²) in [4.78, 5) is 12.1. The summed E-state index contributed by atoms with van der Waals surface area (Å²) in [6, 6.07) is 6.34. The number of imidazole rings is 1. The smallest absolute Gasteiger partial charge is 0.295 e. The monoisotopic (exact) mass is 248 g/mol. The van der Waals surface area contributed by atoms with Crippen LogP contribution in [0.15, 0.2) is 23.0 Å². The Morgan fingerprint density at radius 1 is 1.22 bits per heavy atom. The third-order valence-electron chi connectivity index (χ3n) is 3.08. The predicted molar refractivity (Wildman–Crippen MR) is 78.3 cm³/mol. The Kier molecular flexibility index (Phi) is 4.76. The van der Waals surface area contributed by atoms with Crippen LogP contribution in [-0.4, -0.2) is 9.13 Å². The van der Waals surface area contributed by atoms with Gasteiger partial charge in [0, 0.05) is 13.1 Å². The summed E-state index contributed by atoms with van der Waals surface area (Å²) in [6.45, 7) is 10.2. The zero-order valence-electron chi connectivity index (χ0n) is 12.3. The highest BCUT2D eigenvalue weighted by Gasteiger charge is 2.14. The van der Waals surface area contributed by atoms with Gasteiger partial charge in [-0.2, -0.15) is 0 Å². The molecule has 0 radical (unpaired) electrons. The van der Waals surface area contributed by atoms with E-state index in [4.69, 9.17) is 0 Å². The van der Waals surface area contributed by atoms with E-state index in [2.05, 4.69) is 13.0 Å². The van der Waals surface area contributed by atoms with Gasteiger partial charge in [0.25, 0.3) is 0 Å². The number of aromatic nitrogens is 2. The van der Waals surface area contributed by atoms with Gasteiger partial charge in [-0.15, -0.1) is 0 Å². The number of rotatable bonds is 2. The lowest BCUT2D eigenvalue weighted by Gasteiger charge is -2.07. The fourth-order valence-corrected chi connectivity index (χ4v) is 2.30. The first kappa shape index (κ1) is 14.6. The average molecular weight is 248 g/mol. The Hall–Kier alpha value is -1.51. The van der Waals surface area contributed by atoms with Crippen LogP contribution in [0.5, 0.6) is 0 Å². The Balaban J connectivity index is 0.000000771. The summed E-state index contributed by atoms with van der Waals surface area (Å²) in [5, 5.41) is 0. The number of nitrogens with zero attached hydrogens (tertiary/aromatic N) is 2. The third-order valence-corrected chi connectivity index (χ3v) is 3.08. The molecule has 2 aromatic rings. The second-order valence-electron chi connectivity index (χ2n) is 4.44. The van der Waals surface area contributed by atoms with E-state index in [0.29, 0.717) is 0 Å². The van der Waals surface area contributed by atoms with Gasteiger partial charge in [0.05, 0.1) is 11.0 Å². The van der Waals surface area contributed by atoms with Crippen LogP contribution in [0.2, 0.25) is 0 Å². The van der Waals surface area contributed by atoms with Crippen molar-refractivity contribution in [1.29, 1.82) is 0 Å². The lowest BCUT2D eigenvalue weighted by atomic mass is 10.1. The fourth-order valence-electron chi connectivity index (χ4n) is 2.30. The molecule has 0 atom stereocenters. The number of para-hydroxylation sites is 1. The second kappa shape index (κ2) is 5.89. The van der Waals surface area contributed by atoms with Gasteiger partial charge in [0.15, 0.2) is 0 Å². The first-order valence-electron chi connectivity index (χ1n) is 6.76. The molecule has 1 aromatic heterocycles. The zero-order valence-corrected chi connectivity index (χ0v) is 12.3. The molecule has 100 valence electrons. The summed E-state index contributed by atoms with van der Waals surface area (Å²) in [5.41, 5.74) is 3.42. The van der Waals surface area contributed by atoms with Gasteiger partial charge in [-0.25, -0.2) is 4.79 Å². The molecule has 1 aromatic carbocycles. The lowest BCUT2D eigenvalue weighted by molar-refractivity contribution is 0.583. The van der Waals surface area contributed by atoms with Crippen LogP contribution in [0.1, 0.15) is 46.2 Å². The Morgan fingerprint density at radius 2 is 1.83 bits per heavy atom. The molecule has 2 rings (SSSR count). The van der Waals surface area contributed by atoms with Crippen molar-refractivity contribution in [3.63, 3.8) is 0 Å². The topological polar surface area (TPSA) is 26.9 Å². The molecular weight excluding hydrogens is 224 g/mol. The highest BCUT2D eigenvalue weighted by Crippen LogP contribution is 2.20. The van der Waals surface area contributed by atoms with E-state index in [1.807, 2.05) is 51.4 Å². The van der Waals surface area contributed by atoms with Crippen LogP contribution in [0.3, 0.4) is 0 Å². The van der Waals surface area contributed by atoms with Crippen molar-refractivity contribution in [2.45, 2.75) is 47.1 Å². The van der Waals surface area contributed by atoms with Gasteiger partial charge in [-0.05, 0) is 31.9 Å².